The number of halogens is 2. The van der Waals surface area contributed by atoms with Gasteiger partial charge >= 0.3 is 5.97 Å². The maximum atomic E-state index is 13.7. The van der Waals surface area contributed by atoms with Crippen molar-refractivity contribution in [1.82, 2.24) is 0 Å². The highest BCUT2D eigenvalue weighted by Gasteiger charge is 2.35. The minimum Gasteiger partial charge on any atom is -0.467 e. The van der Waals surface area contributed by atoms with E-state index >= 15 is 0 Å². The van der Waals surface area contributed by atoms with Crippen molar-refractivity contribution in [3.8, 4) is 0 Å². The second-order valence-electron chi connectivity index (χ2n) is 4.39. The van der Waals surface area contributed by atoms with Crippen LogP contribution in [0.3, 0.4) is 0 Å². The van der Waals surface area contributed by atoms with Gasteiger partial charge in [-0.15, -0.1) is 0 Å². The summed E-state index contributed by atoms with van der Waals surface area (Å²) >= 11 is 1.70. The Morgan fingerprint density at radius 1 is 1.60 bits per heavy atom. The SMILES string of the molecule is COC(=O)C1CCCN1c1cc(F)c(I)cc1[N+](=O)[O-]. The molecule has 1 atom stereocenters. The van der Waals surface area contributed by atoms with Gasteiger partial charge in [0.1, 0.15) is 17.5 Å². The van der Waals surface area contributed by atoms with Gasteiger partial charge in [-0.25, -0.2) is 9.18 Å². The van der Waals surface area contributed by atoms with E-state index in [-0.39, 0.29) is 14.9 Å². The van der Waals surface area contributed by atoms with Gasteiger partial charge < -0.3 is 9.64 Å². The monoisotopic (exact) mass is 394 g/mol. The third-order valence-electron chi connectivity index (χ3n) is 3.25. The number of ether oxygens (including phenoxy) is 1. The number of nitro groups is 1. The summed E-state index contributed by atoms with van der Waals surface area (Å²) in [6, 6.07) is 1.69. The van der Waals surface area contributed by atoms with Crippen LogP contribution in [0.25, 0.3) is 0 Å². The van der Waals surface area contributed by atoms with E-state index in [0.29, 0.717) is 19.4 Å². The maximum absolute atomic E-state index is 13.7. The highest BCUT2D eigenvalue weighted by molar-refractivity contribution is 14.1. The Kier molecular flexibility index (Phi) is 4.41. The second-order valence-corrected chi connectivity index (χ2v) is 5.55. The number of carbonyl (C=O) groups is 1. The molecule has 8 heteroatoms. The summed E-state index contributed by atoms with van der Waals surface area (Å²) < 4.78 is 18.6. The van der Waals surface area contributed by atoms with E-state index in [4.69, 9.17) is 4.74 Å². The number of methoxy groups -OCH3 is 1. The van der Waals surface area contributed by atoms with Crippen LogP contribution in [-0.2, 0) is 9.53 Å². The molecule has 0 N–H and O–H groups in total. The molecule has 1 aromatic rings. The molecule has 0 bridgehead atoms. The third kappa shape index (κ3) is 2.69. The molecule has 2 rings (SSSR count). The first-order valence-corrected chi connectivity index (χ1v) is 7.01. The molecular formula is C12H12FIN2O4. The number of benzene rings is 1. The molecule has 1 unspecified atom stereocenters. The lowest BCUT2D eigenvalue weighted by Gasteiger charge is -2.24. The summed E-state index contributed by atoms with van der Waals surface area (Å²) in [6.07, 6.45) is 1.24. The number of esters is 1. The molecular weight excluding hydrogens is 382 g/mol. The van der Waals surface area contributed by atoms with E-state index in [1.807, 2.05) is 0 Å². The van der Waals surface area contributed by atoms with Crippen molar-refractivity contribution in [1.29, 1.82) is 0 Å². The lowest BCUT2D eigenvalue weighted by molar-refractivity contribution is -0.384. The molecule has 1 fully saturated rings. The van der Waals surface area contributed by atoms with Crippen molar-refractivity contribution in [2.45, 2.75) is 18.9 Å². The maximum Gasteiger partial charge on any atom is 0.328 e. The summed E-state index contributed by atoms with van der Waals surface area (Å²) in [4.78, 5) is 23.8. The van der Waals surface area contributed by atoms with E-state index in [9.17, 15) is 19.3 Å². The molecule has 108 valence electrons. The zero-order chi connectivity index (χ0) is 14.9. The van der Waals surface area contributed by atoms with Gasteiger partial charge in [0, 0.05) is 18.7 Å². The van der Waals surface area contributed by atoms with E-state index in [1.165, 1.54) is 13.2 Å². The van der Waals surface area contributed by atoms with E-state index in [0.717, 1.165) is 6.07 Å². The van der Waals surface area contributed by atoms with Gasteiger partial charge in [0.2, 0.25) is 0 Å². The molecule has 1 heterocycles. The summed E-state index contributed by atoms with van der Waals surface area (Å²) in [6.45, 7) is 0.459. The molecule has 20 heavy (non-hydrogen) atoms. The van der Waals surface area contributed by atoms with E-state index in [2.05, 4.69) is 0 Å². The quantitative estimate of drug-likeness (QED) is 0.341. The molecule has 0 aromatic heterocycles. The van der Waals surface area contributed by atoms with Crippen molar-refractivity contribution in [2.24, 2.45) is 0 Å². The predicted octanol–water partition coefficient (Wildman–Crippen LogP) is 2.48. The van der Waals surface area contributed by atoms with Gasteiger partial charge in [-0.3, -0.25) is 10.1 Å². The van der Waals surface area contributed by atoms with Crippen molar-refractivity contribution >= 4 is 39.9 Å². The molecule has 0 radical (unpaired) electrons. The molecule has 1 aliphatic rings. The molecule has 0 saturated carbocycles. The molecule has 1 aromatic carbocycles. The first kappa shape index (κ1) is 14.9. The zero-order valence-electron chi connectivity index (χ0n) is 10.6. The van der Waals surface area contributed by atoms with Gasteiger partial charge in [0.15, 0.2) is 0 Å². The Morgan fingerprint density at radius 2 is 2.30 bits per heavy atom. The van der Waals surface area contributed by atoms with Crippen LogP contribution in [-0.4, -0.2) is 30.6 Å². The van der Waals surface area contributed by atoms with Crippen molar-refractivity contribution in [3.05, 3.63) is 31.6 Å². The average molecular weight is 394 g/mol. The Bertz CT molecular complexity index is 567. The fourth-order valence-corrected chi connectivity index (χ4v) is 2.79. The lowest BCUT2D eigenvalue weighted by atomic mass is 10.2. The first-order valence-electron chi connectivity index (χ1n) is 5.93. The standard InChI is InChI=1S/C12H12FIN2O4/c1-20-12(17)9-3-2-4-15(9)10-5-7(13)8(14)6-11(10)16(18)19/h5-6,9H,2-4H2,1H3. The second kappa shape index (κ2) is 5.90. The molecule has 1 saturated heterocycles. The Labute approximate surface area is 128 Å². The van der Waals surface area contributed by atoms with E-state index in [1.54, 1.807) is 27.5 Å². The lowest BCUT2D eigenvalue weighted by Crippen LogP contribution is -2.37. The highest BCUT2D eigenvalue weighted by atomic mass is 127. The largest absolute Gasteiger partial charge is 0.467 e. The number of rotatable bonds is 3. The summed E-state index contributed by atoms with van der Waals surface area (Å²) in [5, 5.41) is 11.1. The van der Waals surface area contributed by atoms with E-state index < -0.39 is 22.8 Å². The molecule has 1 aliphatic heterocycles. The van der Waals surface area contributed by atoms with Crippen LogP contribution in [0.1, 0.15) is 12.8 Å². The zero-order valence-corrected chi connectivity index (χ0v) is 12.8. The number of nitrogens with zero attached hydrogens (tertiary/aromatic N) is 2. The fourth-order valence-electron chi connectivity index (χ4n) is 2.34. The van der Waals surface area contributed by atoms with Gasteiger partial charge in [-0.05, 0) is 35.4 Å². The summed E-state index contributed by atoms with van der Waals surface area (Å²) in [5.74, 6) is -1.00. The van der Waals surface area contributed by atoms with Gasteiger partial charge in [-0.2, -0.15) is 0 Å². The molecule has 0 spiro atoms. The van der Waals surface area contributed by atoms with Crippen LogP contribution in [0.2, 0.25) is 0 Å². The van der Waals surface area contributed by atoms with Crippen LogP contribution < -0.4 is 4.90 Å². The fraction of sp³-hybridized carbons (Fsp3) is 0.417. The number of hydrogen-bond acceptors (Lipinski definition) is 5. The molecule has 6 nitrogen and oxygen atoms in total. The highest BCUT2D eigenvalue weighted by Crippen LogP contribution is 2.36. The predicted molar refractivity (Wildman–Crippen MR) is 78.2 cm³/mol. The molecule has 0 aliphatic carbocycles. The first-order chi connectivity index (χ1) is 9.45. The number of nitro benzene ring substituents is 1. The Hall–Kier alpha value is -1.45. The topological polar surface area (TPSA) is 72.7 Å². The Morgan fingerprint density at radius 3 is 2.90 bits per heavy atom. The van der Waals surface area contributed by atoms with Crippen LogP contribution in [0, 0.1) is 19.5 Å². The summed E-state index contributed by atoms with van der Waals surface area (Å²) in [7, 11) is 1.27. The number of anilines is 1. The summed E-state index contributed by atoms with van der Waals surface area (Å²) in [5.41, 5.74) is -0.0765. The minimum atomic E-state index is -0.599. The smallest absolute Gasteiger partial charge is 0.328 e. The van der Waals surface area contributed by atoms with Gasteiger partial charge in [0.25, 0.3) is 5.69 Å². The normalized spacial score (nSPS) is 18.1. The van der Waals surface area contributed by atoms with Crippen LogP contribution in [0.5, 0.6) is 0 Å². The Balaban J connectivity index is 2.48. The van der Waals surface area contributed by atoms with Crippen LogP contribution in [0.4, 0.5) is 15.8 Å². The van der Waals surface area contributed by atoms with Crippen molar-refractivity contribution in [2.75, 3.05) is 18.6 Å². The third-order valence-corrected chi connectivity index (χ3v) is 4.08. The van der Waals surface area contributed by atoms with Crippen molar-refractivity contribution in [3.63, 3.8) is 0 Å². The number of carbonyl (C=O) groups excluding carboxylic acids is 1. The molecule has 0 amide bonds. The van der Waals surface area contributed by atoms with Crippen molar-refractivity contribution < 1.29 is 18.8 Å². The minimum absolute atomic E-state index is 0.126. The van der Waals surface area contributed by atoms with Crippen LogP contribution >= 0.6 is 22.6 Å². The number of hydrogen-bond donors (Lipinski definition) is 0. The van der Waals surface area contributed by atoms with Gasteiger partial charge in [0.05, 0.1) is 15.6 Å². The van der Waals surface area contributed by atoms with Gasteiger partial charge in [-0.1, -0.05) is 0 Å². The average Bonchev–Trinajstić information content (AvgIpc) is 2.89. The van der Waals surface area contributed by atoms with Crippen LogP contribution in [0.15, 0.2) is 12.1 Å².